The Balaban J connectivity index is 1.50. The summed E-state index contributed by atoms with van der Waals surface area (Å²) in [7, 11) is -3.35. The van der Waals surface area contributed by atoms with Crippen LogP contribution in [0.15, 0.2) is 24.3 Å². The third-order valence-electron chi connectivity index (χ3n) is 6.15. The van der Waals surface area contributed by atoms with Crippen LogP contribution in [0.1, 0.15) is 24.8 Å². The Labute approximate surface area is 161 Å². The van der Waals surface area contributed by atoms with E-state index in [1.54, 1.807) is 16.4 Å². The summed E-state index contributed by atoms with van der Waals surface area (Å²) in [5.41, 5.74) is 0.689. The molecule has 2 atom stereocenters. The molecule has 7 heteroatoms. The van der Waals surface area contributed by atoms with E-state index in [2.05, 4.69) is 4.90 Å². The maximum absolute atomic E-state index is 13.1. The number of ether oxygens (including phenoxy) is 1. The van der Waals surface area contributed by atoms with Crippen molar-refractivity contribution in [1.29, 1.82) is 0 Å². The average Bonchev–Trinajstić information content (AvgIpc) is 2.63. The first-order valence-corrected chi connectivity index (χ1v) is 11.6. The maximum atomic E-state index is 13.1. The predicted molar refractivity (Wildman–Crippen MR) is 103 cm³/mol. The summed E-state index contributed by atoms with van der Waals surface area (Å²) in [4.78, 5) is 2.55. The van der Waals surface area contributed by atoms with Crippen LogP contribution in [0, 0.1) is 11.8 Å². The monoisotopic (exact) mass is 398 g/mol. The SMILES string of the molecule is O=S(=O)(Cc1ccccc1Cl)N1C[C@@H]2CCC[C@@H](C1)C2N1CCOCC1. The van der Waals surface area contributed by atoms with Gasteiger partial charge in [0.25, 0.3) is 0 Å². The average molecular weight is 399 g/mol. The molecular formula is C19H27ClN2O3S. The normalized spacial score (nSPS) is 31.0. The number of hydrogen-bond donors (Lipinski definition) is 0. The van der Waals surface area contributed by atoms with Crippen LogP contribution in [-0.2, 0) is 20.5 Å². The van der Waals surface area contributed by atoms with E-state index in [0.717, 1.165) is 39.1 Å². The highest BCUT2D eigenvalue weighted by atomic mass is 35.5. The summed E-state index contributed by atoms with van der Waals surface area (Å²) >= 11 is 6.19. The van der Waals surface area contributed by atoms with Gasteiger partial charge in [0, 0.05) is 37.2 Å². The van der Waals surface area contributed by atoms with Gasteiger partial charge in [-0.05, 0) is 36.3 Å². The number of rotatable bonds is 4. The van der Waals surface area contributed by atoms with Crippen LogP contribution in [0.25, 0.3) is 0 Å². The van der Waals surface area contributed by atoms with Crippen molar-refractivity contribution in [2.45, 2.75) is 31.1 Å². The van der Waals surface area contributed by atoms with Crippen molar-refractivity contribution in [2.24, 2.45) is 11.8 Å². The van der Waals surface area contributed by atoms with Crippen molar-refractivity contribution in [1.82, 2.24) is 9.21 Å². The molecule has 144 valence electrons. The molecule has 5 nitrogen and oxygen atoms in total. The van der Waals surface area contributed by atoms with Gasteiger partial charge in [-0.25, -0.2) is 12.7 Å². The molecule has 0 radical (unpaired) electrons. The van der Waals surface area contributed by atoms with E-state index < -0.39 is 10.0 Å². The van der Waals surface area contributed by atoms with Gasteiger partial charge >= 0.3 is 0 Å². The number of nitrogens with zero attached hydrogens (tertiary/aromatic N) is 2. The smallest absolute Gasteiger partial charge is 0.218 e. The molecule has 2 bridgehead atoms. The number of hydrogen-bond acceptors (Lipinski definition) is 4. The van der Waals surface area contributed by atoms with Crippen molar-refractivity contribution < 1.29 is 13.2 Å². The number of sulfonamides is 1. The van der Waals surface area contributed by atoms with Crippen LogP contribution in [0.3, 0.4) is 0 Å². The first kappa shape index (κ1) is 18.7. The van der Waals surface area contributed by atoms with Gasteiger partial charge in [0.1, 0.15) is 0 Å². The number of morpholine rings is 1. The molecule has 0 N–H and O–H groups in total. The number of fused-ring (bicyclic) bond motifs is 2. The molecule has 0 spiro atoms. The zero-order chi connectivity index (χ0) is 18.1. The lowest BCUT2D eigenvalue weighted by molar-refractivity contribution is -0.0480. The summed E-state index contributed by atoms with van der Waals surface area (Å²) in [5.74, 6) is 0.858. The Morgan fingerprint density at radius 1 is 1.08 bits per heavy atom. The molecular weight excluding hydrogens is 372 g/mol. The molecule has 0 amide bonds. The molecule has 2 aliphatic heterocycles. The Morgan fingerprint density at radius 3 is 2.38 bits per heavy atom. The van der Waals surface area contributed by atoms with Crippen molar-refractivity contribution >= 4 is 21.6 Å². The minimum Gasteiger partial charge on any atom is -0.379 e. The van der Waals surface area contributed by atoms with Gasteiger partial charge in [0.15, 0.2) is 0 Å². The van der Waals surface area contributed by atoms with Crippen LogP contribution in [0.4, 0.5) is 0 Å². The van der Waals surface area contributed by atoms with Crippen LogP contribution < -0.4 is 0 Å². The lowest BCUT2D eigenvalue weighted by atomic mass is 9.73. The van der Waals surface area contributed by atoms with Crippen molar-refractivity contribution in [3.05, 3.63) is 34.9 Å². The van der Waals surface area contributed by atoms with E-state index in [-0.39, 0.29) is 5.75 Å². The highest BCUT2D eigenvalue weighted by molar-refractivity contribution is 7.88. The van der Waals surface area contributed by atoms with Crippen LogP contribution in [0.5, 0.6) is 0 Å². The fraction of sp³-hybridized carbons (Fsp3) is 0.684. The fourth-order valence-electron chi connectivity index (χ4n) is 4.97. The second kappa shape index (κ2) is 7.76. The van der Waals surface area contributed by atoms with E-state index in [1.807, 2.05) is 12.1 Å². The summed E-state index contributed by atoms with van der Waals surface area (Å²) in [5, 5.41) is 0.527. The third-order valence-corrected chi connectivity index (χ3v) is 8.28. The highest BCUT2D eigenvalue weighted by Crippen LogP contribution is 2.39. The lowest BCUT2D eigenvalue weighted by Crippen LogP contribution is -2.61. The van der Waals surface area contributed by atoms with E-state index in [1.165, 1.54) is 6.42 Å². The van der Waals surface area contributed by atoms with Gasteiger partial charge in [-0.1, -0.05) is 36.2 Å². The summed E-state index contributed by atoms with van der Waals surface area (Å²) < 4.78 is 33.4. The Morgan fingerprint density at radius 2 is 1.73 bits per heavy atom. The zero-order valence-electron chi connectivity index (χ0n) is 15.0. The second-order valence-corrected chi connectivity index (χ2v) is 10.1. The van der Waals surface area contributed by atoms with E-state index >= 15 is 0 Å². The van der Waals surface area contributed by atoms with Gasteiger partial charge in [-0.2, -0.15) is 0 Å². The molecule has 1 saturated carbocycles. The van der Waals surface area contributed by atoms with E-state index in [0.29, 0.717) is 41.6 Å². The first-order valence-electron chi connectivity index (χ1n) is 9.57. The Hall–Kier alpha value is -0.660. The third kappa shape index (κ3) is 3.80. The molecule has 4 rings (SSSR count). The maximum Gasteiger partial charge on any atom is 0.218 e. The fourth-order valence-corrected chi connectivity index (χ4v) is 6.91. The summed E-state index contributed by atoms with van der Waals surface area (Å²) in [6, 6.07) is 7.75. The lowest BCUT2D eigenvalue weighted by Gasteiger charge is -2.51. The standard InChI is InChI=1S/C19H27ClN2O3S/c20-18-7-2-1-4-17(18)14-26(23,24)22-12-15-5-3-6-16(13-22)19(15)21-8-10-25-11-9-21/h1-2,4,7,15-16,19H,3,5-6,8-14H2/t15-,16-/m0/s1. The molecule has 1 aromatic carbocycles. The number of halogens is 1. The van der Waals surface area contributed by atoms with E-state index in [9.17, 15) is 8.42 Å². The molecule has 1 aliphatic carbocycles. The Bertz CT molecular complexity index is 722. The molecule has 26 heavy (non-hydrogen) atoms. The van der Waals surface area contributed by atoms with Gasteiger partial charge in [0.2, 0.25) is 10.0 Å². The predicted octanol–water partition coefficient (Wildman–Crippen LogP) is 2.60. The van der Waals surface area contributed by atoms with Crippen molar-refractivity contribution in [3.8, 4) is 0 Å². The number of benzene rings is 1. The molecule has 2 heterocycles. The topological polar surface area (TPSA) is 49.9 Å². The van der Waals surface area contributed by atoms with Crippen molar-refractivity contribution in [3.63, 3.8) is 0 Å². The van der Waals surface area contributed by atoms with Gasteiger partial charge in [0.05, 0.1) is 19.0 Å². The molecule has 3 fully saturated rings. The summed E-state index contributed by atoms with van der Waals surface area (Å²) in [6.07, 6.45) is 3.46. The highest BCUT2D eigenvalue weighted by Gasteiger charge is 2.45. The van der Waals surface area contributed by atoms with Gasteiger partial charge < -0.3 is 4.74 Å². The summed E-state index contributed by atoms with van der Waals surface area (Å²) in [6.45, 7) is 4.83. The van der Waals surface area contributed by atoms with E-state index in [4.69, 9.17) is 16.3 Å². The minimum atomic E-state index is -3.35. The van der Waals surface area contributed by atoms with Crippen LogP contribution in [-0.4, -0.2) is 63.1 Å². The van der Waals surface area contributed by atoms with Gasteiger partial charge in [-0.3, -0.25) is 4.90 Å². The quantitative estimate of drug-likeness (QED) is 0.782. The molecule has 1 aromatic rings. The Kier molecular flexibility index (Phi) is 5.58. The molecule has 2 saturated heterocycles. The number of piperidine rings is 1. The van der Waals surface area contributed by atoms with Crippen LogP contribution >= 0.6 is 11.6 Å². The van der Waals surface area contributed by atoms with Crippen LogP contribution in [0.2, 0.25) is 5.02 Å². The molecule has 0 aromatic heterocycles. The minimum absolute atomic E-state index is 0.00562. The molecule has 3 aliphatic rings. The van der Waals surface area contributed by atoms with Gasteiger partial charge in [-0.15, -0.1) is 0 Å². The molecule has 0 unspecified atom stereocenters. The largest absolute Gasteiger partial charge is 0.379 e. The first-order chi connectivity index (χ1) is 12.5. The zero-order valence-corrected chi connectivity index (χ0v) is 16.6. The second-order valence-electron chi connectivity index (χ2n) is 7.75. The van der Waals surface area contributed by atoms with Crippen molar-refractivity contribution in [2.75, 3.05) is 39.4 Å².